The maximum absolute atomic E-state index is 12.8. The molecule has 162 valence electrons. The molecule has 0 fully saturated rings. The Morgan fingerprint density at radius 1 is 0.871 bits per heavy atom. The van der Waals surface area contributed by atoms with Crippen molar-refractivity contribution in [2.75, 3.05) is 10.0 Å². The summed E-state index contributed by atoms with van der Waals surface area (Å²) in [5, 5.41) is 2.77. The molecule has 0 aliphatic rings. The molecular weight excluding hydrogens is 412 g/mol. The van der Waals surface area contributed by atoms with Crippen LogP contribution in [0.15, 0.2) is 71.6 Å². The Morgan fingerprint density at radius 3 is 2.00 bits per heavy atom. The molecule has 0 saturated carbocycles. The topological polar surface area (TPSA) is 84.5 Å². The van der Waals surface area contributed by atoms with Gasteiger partial charge in [-0.3, -0.25) is 9.52 Å². The number of benzene rings is 3. The van der Waals surface area contributed by atoms with E-state index >= 15 is 0 Å². The number of carbonyl (C=O) groups is 1. The van der Waals surface area contributed by atoms with Crippen molar-refractivity contribution in [1.29, 1.82) is 0 Å². The number of aryl methyl sites for hydroxylation is 2. The van der Waals surface area contributed by atoms with Gasteiger partial charge in [-0.2, -0.15) is 0 Å². The molecule has 0 aliphatic carbocycles. The normalized spacial score (nSPS) is 11.3. The zero-order valence-corrected chi connectivity index (χ0v) is 18.8. The number of para-hydroxylation sites is 1. The van der Waals surface area contributed by atoms with Crippen LogP contribution in [0.3, 0.4) is 0 Å². The molecule has 0 atom stereocenters. The van der Waals surface area contributed by atoms with Crippen LogP contribution in [0.25, 0.3) is 0 Å². The number of rotatable bonds is 7. The fraction of sp³-hybridized carbons (Fsp3) is 0.208. The fourth-order valence-electron chi connectivity index (χ4n) is 3.05. The van der Waals surface area contributed by atoms with Crippen molar-refractivity contribution in [1.82, 2.24) is 0 Å². The molecule has 0 saturated heterocycles. The van der Waals surface area contributed by atoms with Crippen molar-refractivity contribution >= 4 is 27.3 Å². The molecule has 3 aromatic rings. The highest BCUT2D eigenvalue weighted by Crippen LogP contribution is 2.24. The summed E-state index contributed by atoms with van der Waals surface area (Å²) in [7, 11) is -3.75. The number of sulfonamides is 1. The highest BCUT2D eigenvalue weighted by molar-refractivity contribution is 7.92. The highest BCUT2D eigenvalue weighted by Gasteiger charge is 2.17. The number of hydrogen-bond acceptors (Lipinski definition) is 4. The van der Waals surface area contributed by atoms with Gasteiger partial charge in [0.2, 0.25) is 0 Å². The van der Waals surface area contributed by atoms with Crippen molar-refractivity contribution < 1.29 is 17.9 Å². The van der Waals surface area contributed by atoms with Crippen LogP contribution < -0.4 is 14.8 Å². The minimum Gasteiger partial charge on any atom is -0.491 e. The van der Waals surface area contributed by atoms with E-state index in [-0.39, 0.29) is 16.9 Å². The van der Waals surface area contributed by atoms with E-state index in [4.69, 9.17) is 4.74 Å². The van der Waals surface area contributed by atoms with E-state index in [2.05, 4.69) is 10.0 Å². The summed E-state index contributed by atoms with van der Waals surface area (Å²) >= 11 is 0. The molecule has 0 aromatic heterocycles. The van der Waals surface area contributed by atoms with Crippen LogP contribution >= 0.6 is 0 Å². The molecule has 7 heteroatoms. The molecule has 3 rings (SSSR count). The first-order valence-electron chi connectivity index (χ1n) is 9.93. The molecule has 0 bridgehead atoms. The third-order valence-corrected chi connectivity index (χ3v) is 5.99. The van der Waals surface area contributed by atoms with E-state index in [0.717, 1.165) is 11.1 Å². The molecular formula is C24H26N2O4S. The monoisotopic (exact) mass is 438 g/mol. The zero-order valence-electron chi connectivity index (χ0n) is 18.0. The molecule has 2 N–H and O–H groups in total. The Kier molecular flexibility index (Phi) is 6.65. The average Bonchev–Trinajstić information content (AvgIpc) is 2.71. The summed E-state index contributed by atoms with van der Waals surface area (Å²) in [6.45, 7) is 7.57. The predicted octanol–water partition coefficient (Wildman–Crippen LogP) is 5.14. The van der Waals surface area contributed by atoms with Crippen molar-refractivity contribution in [3.63, 3.8) is 0 Å². The van der Waals surface area contributed by atoms with Gasteiger partial charge in [0.1, 0.15) is 5.75 Å². The first kappa shape index (κ1) is 22.4. The van der Waals surface area contributed by atoms with Crippen LogP contribution in [-0.2, 0) is 10.0 Å². The fourth-order valence-corrected chi connectivity index (χ4v) is 4.25. The van der Waals surface area contributed by atoms with Gasteiger partial charge in [0.15, 0.2) is 0 Å². The summed E-state index contributed by atoms with van der Waals surface area (Å²) in [5.74, 6) is 0.401. The Bertz CT molecular complexity index is 1150. The molecule has 0 aliphatic heterocycles. The van der Waals surface area contributed by atoms with Crippen LogP contribution in [-0.4, -0.2) is 20.4 Å². The molecule has 0 heterocycles. The second kappa shape index (κ2) is 9.22. The van der Waals surface area contributed by atoms with Crippen LogP contribution in [0.5, 0.6) is 5.75 Å². The molecule has 0 radical (unpaired) electrons. The van der Waals surface area contributed by atoms with Gasteiger partial charge >= 0.3 is 0 Å². The van der Waals surface area contributed by atoms with Crippen LogP contribution in [0.1, 0.15) is 35.3 Å². The maximum Gasteiger partial charge on any atom is 0.261 e. The quantitative estimate of drug-likeness (QED) is 0.535. The Labute approximate surface area is 183 Å². The lowest BCUT2D eigenvalue weighted by Gasteiger charge is -2.13. The molecule has 31 heavy (non-hydrogen) atoms. The van der Waals surface area contributed by atoms with Gasteiger partial charge in [0, 0.05) is 11.3 Å². The third kappa shape index (κ3) is 5.64. The molecule has 3 aromatic carbocycles. The van der Waals surface area contributed by atoms with Gasteiger partial charge in [-0.1, -0.05) is 18.2 Å². The van der Waals surface area contributed by atoms with E-state index in [1.807, 2.05) is 45.9 Å². The summed E-state index contributed by atoms with van der Waals surface area (Å²) in [6, 6.07) is 18.5. The average molecular weight is 439 g/mol. The first-order chi connectivity index (χ1) is 14.7. The summed E-state index contributed by atoms with van der Waals surface area (Å²) in [5.41, 5.74) is 3.24. The minimum atomic E-state index is -3.75. The minimum absolute atomic E-state index is 0.0543. The SMILES string of the molecule is Cc1cccc(C)c1NS(=O)(=O)c1ccc(NC(=O)c2ccc(OC(C)C)cc2)cc1. The zero-order chi connectivity index (χ0) is 22.6. The van der Waals surface area contributed by atoms with Gasteiger partial charge in [-0.15, -0.1) is 0 Å². The summed E-state index contributed by atoms with van der Waals surface area (Å²) in [6.07, 6.45) is 0.0543. The Morgan fingerprint density at radius 2 is 1.45 bits per heavy atom. The number of amides is 1. The highest BCUT2D eigenvalue weighted by atomic mass is 32.2. The van der Waals surface area contributed by atoms with Crippen molar-refractivity contribution in [2.45, 2.75) is 38.7 Å². The van der Waals surface area contributed by atoms with Crippen molar-refractivity contribution in [2.24, 2.45) is 0 Å². The molecule has 0 spiro atoms. The van der Waals surface area contributed by atoms with Gasteiger partial charge in [0.25, 0.3) is 15.9 Å². The third-order valence-electron chi connectivity index (χ3n) is 4.63. The van der Waals surface area contributed by atoms with Gasteiger partial charge < -0.3 is 10.1 Å². The maximum atomic E-state index is 12.8. The van der Waals surface area contributed by atoms with Gasteiger partial charge in [-0.05, 0) is 87.4 Å². The van der Waals surface area contributed by atoms with Crippen molar-refractivity contribution in [3.8, 4) is 5.75 Å². The van der Waals surface area contributed by atoms with Gasteiger partial charge in [-0.25, -0.2) is 8.42 Å². The van der Waals surface area contributed by atoms with Crippen LogP contribution in [0.4, 0.5) is 11.4 Å². The van der Waals surface area contributed by atoms with E-state index in [9.17, 15) is 13.2 Å². The molecule has 6 nitrogen and oxygen atoms in total. The Hall–Kier alpha value is -3.32. The van der Waals surface area contributed by atoms with Crippen LogP contribution in [0.2, 0.25) is 0 Å². The number of carbonyl (C=O) groups excluding carboxylic acids is 1. The lowest BCUT2D eigenvalue weighted by Crippen LogP contribution is -2.15. The summed E-state index contributed by atoms with van der Waals surface area (Å²) in [4.78, 5) is 12.6. The summed E-state index contributed by atoms with van der Waals surface area (Å²) < 4.78 is 33.7. The number of nitrogens with one attached hydrogen (secondary N) is 2. The predicted molar refractivity (Wildman–Crippen MR) is 123 cm³/mol. The Balaban J connectivity index is 1.70. The smallest absolute Gasteiger partial charge is 0.261 e. The lowest BCUT2D eigenvalue weighted by atomic mass is 10.1. The second-order valence-corrected chi connectivity index (χ2v) is 9.22. The number of anilines is 2. The van der Waals surface area contributed by atoms with E-state index < -0.39 is 10.0 Å². The number of hydrogen-bond donors (Lipinski definition) is 2. The lowest BCUT2D eigenvalue weighted by molar-refractivity contribution is 0.102. The van der Waals surface area contributed by atoms with E-state index in [0.29, 0.717) is 22.7 Å². The largest absolute Gasteiger partial charge is 0.491 e. The second-order valence-electron chi connectivity index (χ2n) is 7.54. The molecule has 1 amide bonds. The first-order valence-corrected chi connectivity index (χ1v) is 11.4. The molecule has 0 unspecified atom stereocenters. The number of ether oxygens (including phenoxy) is 1. The van der Waals surface area contributed by atoms with Gasteiger partial charge in [0.05, 0.1) is 16.7 Å². The standard InChI is InChI=1S/C24H26N2O4S/c1-16(2)30-21-12-8-19(9-13-21)24(27)25-20-10-14-22(15-11-20)31(28,29)26-23-17(3)6-5-7-18(23)4/h5-16,26H,1-4H3,(H,25,27). The van der Waals surface area contributed by atoms with E-state index in [1.165, 1.54) is 12.1 Å². The van der Waals surface area contributed by atoms with Crippen molar-refractivity contribution in [3.05, 3.63) is 83.4 Å². The van der Waals surface area contributed by atoms with E-state index in [1.54, 1.807) is 36.4 Å². The van der Waals surface area contributed by atoms with Crippen LogP contribution in [0, 0.1) is 13.8 Å².